The summed E-state index contributed by atoms with van der Waals surface area (Å²) in [7, 11) is 0. The van der Waals surface area contributed by atoms with Crippen LogP contribution in [0.4, 0.5) is 17.6 Å². The molecule has 1 aromatic heterocycles. The summed E-state index contributed by atoms with van der Waals surface area (Å²) >= 11 is 0. The predicted octanol–water partition coefficient (Wildman–Crippen LogP) is 1.94. The summed E-state index contributed by atoms with van der Waals surface area (Å²) in [6, 6.07) is 2.17. The van der Waals surface area contributed by atoms with Crippen molar-refractivity contribution in [2.75, 3.05) is 60.9 Å². The number of aromatic nitrogens is 2. The molecule has 6 nitrogen and oxygen atoms in total. The Balaban J connectivity index is 1.83. The van der Waals surface area contributed by atoms with Gasteiger partial charge >= 0.3 is 0 Å². The first-order chi connectivity index (χ1) is 11.0. The molecule has 2 N–H and O–H groups in total. The molecule has 0 aliphatic carbocycles. The minimum atomic E-state index is 0.211. The fourth-order valence-electron chi connectivity index (χ4n) is 3.01. The third-order valence-electron chi connectivity index (χ3n) is 4.35. The van der Waals surface area contributed by atoms with Gasteiger partial charge in [-0.25, -0.2) is 0 Å². The van der Waals surface area contributed by atoms with Crippen LogP contribution in [-0.4, -0.2) is 55.8 Å². The first-order valence-corrected chi connectivity index (χ1v) is 8.85. The van der Waals surface area contributed by atoms with E-state index in [1.807, 2.05) is 0 Å². The molecular formula is C17H30N6. The van der Waals surface area contributed by atoms with Gasteiger partial charge in [0.2, 0.25) is 5.95 Å². The Kier molecular flexibility index (Phi) is 4.90. The van der Waals surface area contributed by atoms with E-state index in [2.05, 4.69) is 47.3 Å². The van der Waals surface area contributed by atoms with Crippen molar-refractivity contribution in [2.45, 2.75) is 33.6 Å². The lowest BCUT2D eigenvalue weighted by Gasteiger charge is -2.30. The van der Waals surface area contributed by atoms with Gasteiger partial charge < -0.3 is 20.4 Å². The lowest BCUT2D eigenvalue weighted by atomic mass is 9.97. The van der Waals surface area contributed by atoms with Gasteiger partial charge in [0.15, 0.2) is 0 Å². The maximum absolute atomic E-state index is 4.78. The molecule has 2 aliphatic heterocycles. The average molecular weight is 318 g/mol. The second-order valence-corrected chi connectivity index (χ2v) is 7.75. The molecule has 0 saturated carbocycles. The molecule has 2 saturated heterocycles. The molecule has 6 heteroatoms. The Bertz CT molecular complexity index is 512. The van der Waals surface area contributed by atoms with Crippen molar-refractivity contribution in [1.82, 2.24) is 15.3 Å². The van der Waals surface area contributed by atoms with Crippen LogP contribution in [0, 0.1) is 5.41 Å². The molecule has 0 spiro atoms. The van der Waals surface area contributed by atoms with Crippen molar-refractivity contribution < 1.29 is 0 Å². The Morgan fingerprint density at radius 2 is 1.57 bits per heavy atom. The Morgan fingerprint density at radius 1 is 1.00 bits per heavy atom. The summed E-state index contributed by atoms with van der Waals surface area (Å²) < 4.78 is 0. The van der Waals surface area contributed by atoms with E-state index in [4.69, 9.17) is 9.97 Å². The fraction of sp³-hybridized carbons (Fsp3) is 0.765. The van der Waals surface area contributed by atoms with Gasteiger partial charge in [0.05, 0.1) is 0 Å². The Labute approximate surface area is 139 Å². The summed E-state index contributed by atoms with van der Waals surface area (Å²) in [6.07, 6.45) is 2.52. The number of anilines is 3. The van der Waals surface area contributed by atoms with Gasteiger partial charge in [-0.2, -0.15) is 9.97 Å². The van der Waals surface area contributed by atoms with E-state index in [0.717, 1.165) is 63.4 Å². The molecule has 0 radical (unpaired) electrons. The third kappa shape index (κ3) is 4.47. The lowest BCUT2D eigenvalue weighted by molar-refractivity contribution is 0.441. The van der Waals surface area contributed by atoms with Crippen LogP contribution in [0.25, 0.3) is 0 Å². The highest BCUT2D eigenvalue weighted by Crippen LogP contribution is 2.25. The van der Waals surface area contributed by atoms with Crippen LogP contribution < -0.4 is 20.4 Å². The van der Waals surface area contributed by atoms with E-state index in [-0.39, 0.29) is 5.41 Å². The molecule has 0 unspecified atom stereocenters. The van der Waals surface area contributed by atoms with Crippen LogP contribution in [-0.2, 0) is 0 Å². The first kappa shape index (κ1) is 16.3. The summed E-state index contributed by atoms with van der Waals surface area (Å²) in [4.78, 5) is 14.3. The average Bonchev–Trinajstić information content (AvgIpc) is 3.07. The van der Waals surface area contributed by atoms with Crippen LogP contribution in [0.3, 0.4) is 0 Å². The summed E-state index contributed by atoms with van der Waals surface area (Å²) in [5.41, 5.74) is 0.211. The minimum Gasteiger partial charge on any atom is -0.356 e. The molecule has 23 heavy (non-hydrogen) atoms. The number of hydrogen-bond acceptors (Lipinski definition) is 6. The Hall–Kier alpha value is -1.56. The van der Waals surface area contributed by atoms with Gasteiger partial charge in [0, 0.05) is 51.9 Å². The number of nitrogens with one attached hydrogen (secondary N) is 2. The summed E-state index contributed by atoms with van der Waals surface area (Å²) in [5.74, 6) is 2.89. The first-order valence-electron chi connectivity index (χ1n) is 8.85. The van der Waals surface area contributed by atoms with E-state index >= 15 is 0 Å². The molecule has 2 fully saturated rings. The van der Waals surface area contributed by atoms with Crippen LogP contribution >= 0.6 is 0 Å². The van der Waals surface area contributed by atoms with Gasteiger partial charge in [-0.05, 0) is 18.3 Å². The quantitative estimate of drug-likeness (QED) is 0.885. The van der Waals surface area contributed by atoms with E-state index in [1.54, 1.807) is 0 Å². The molecule has 3 rings (SSSR count). The highest BCUT2D eigenvalue weighted by molar-refractivity contribution is 5.55. The van der Waals surface area contributed by atoms with Crippen molar-refractivity contribution in [3.8, 4) is 0 Å². The molecular weight excluding hydrogens is 288 g/mol. The molecule has 1 aromatic rings. The summed E-state index contributed by atoms with van der Waals surface area (Å²) in [5, 5.41) is 6.84. The zero-order valence-corrected chi connectivity index (χ0v) is 14.7. The van der Waals surface area contributed by atoms with Crippen LogP contribution in [0.5, 0.6) is 0 Å². The van der Waals surface area contributed by atoms with E-state index in [1.165, 1.54) is 12.8 Å². The van der Waals surface area contributed by atoms with Gasteiger partial charge in [-0.15, -0.1) is 0 Å². The summed E-state index contributed by atoms with van der Waals surface area (Å²) in [6.45, 7) is 13.8. The van der Waals surface area contributed by atoms with Crippen LogP contribution in [0.2, 0.25) is 0 Å². The number of hydrogen-bond donors (Lipinski definition) is 2. The maximum Gasteiger partial charge on any atom is 0.226 e. The predicted molar refractivity (Wildman–Crippen MR) is 96.5 cm³/mol. The smallest absolute Gasteiger partial charge is 0.226 e. The van der Waals surface area contributed by atoms with Crippen molar-refractivity contribution in [3.63, 3.8) is 0 Å². The molecule has 0 atom stereocenters. The molecule has 0 bridgehead atoms. The zero-order valence-electron chi connectivity index (χ0n) is 14.7. The normalized spacial score (nSPS) is 19.3. The highest BCUT2D eigenvalue weighted by atomic mass is 15.3. The van der Waals surface area contributed by atoms with Crippen molar-refractivity contribution in [1.29, 1.82) is 0 Å². The maximum atomic E-state index is 4.78. The number of rotatable bonds is 4. The van der Waals surface area contributed by atoms with Crippen molar-refractivity contribution in [3.05, 3.63) is 6.07 Å². The zero-order chi connectivity index (χ0) is 16.3. The molecule has 0 amide bonds. The molecule has 128 valence electrons. The molecule has 2 aliphatic rings. The second-order valence-electron chi connectivity index (χ2n) is 7.75. The van der Waals surface area contributed by atoms with Gasteiger partial charge in [0.1, 0.15) is 11.6 Å². The van der Waals surface area contributed by atoms with Crippen LogP contribution in [0.15, 0.2) is 6.07 Å². The number of nitrogens with zero attached hydrogens (tertiary/aromatic N) is 4. The number of piperazine rings is 1. The third-order valence-corrected chi connectivity index (χ3v) is 4.35. The molecule has 3 heterocycles. The standard InChI is InChI=1S/C17H30N6/c1-17(2,3)13-19-16-20-14(22-8-4-5-9-22)12-15(21-16)23-10-6-18-7-11-23/h12,18H,4-11,13H2,1-3H3,(H,19,20,21). The monoisotopic (exact) mass is 318 g/mol. The lowest BCUT2D eigenvalue weighted by Crippen LogP contribution is -2.44. The second kappa shape index (κ2) is 6.91. The SMILES string of the molecule is CC(C)(C)CNc1nc(N2CCCC2)cc(N2CCNCC2)n1. The van der Waals surface area contributed by atoms with E-state index in [9.17, 15) is 0 Å². The van der Waals surface area contributed by atoms with Crippen LogP contribution in [0.1, 0.15) is 33.6 Å². The van der Waals surface area contributed by atoms with Crippen molar-refractivity contribution in [2.24, 2.45) is 5.41 Å². The van der Waals surface area contributed by atoms with Crippen molar-refractivity contribution >= 4 is 17.6 Å². The van der Waals surface area contributed by atoms with E-state index < -0.39 is 0 Å². The molecule has 0 aromatic carbocycles. The van der Waals surface area contributed by atoms with Gasteiger partial charge in [-0.3, -0.25) is 0 Å². The van der Waals surface area contributed by atoms with E-state index in [0.29, 0.717) is 0 Å². The fourth-order valence-corrected chi connectivity index (χ4v) is 3.01. The topological polar surface area (TPSA) is 56.3 Å². The van der Waals surface area contributed by atoms with Gasteiger partial charge in [-0.1, -0.05) is 20.8 Å². The largest absolute Gasteiger partial charge is 0.356 e. The highest BCUT2D eigenvalue weighted by Gasteiger charge is 2.20. The minimum absolute atomic E-state index is 0.211. The Morgan fingerprint density at radius 3 is 2.13 bits per heavy atom. The van der Waals surface area contributed by atoms with Gasteiger partial charge in [0.25, 0.3) is 0 Å².